The summed E-state index contributed by atoms with van der Waals surface area (Å²) in [5.74, 6) is 0.0964. The van der Waals surface area contributed by atoms with E-state index in [-0.39, 0.29) is 0 Å². The van der Waals surface area contributed by atoms with Crippen LogP contribution in [0.5, 0.6) is 11.5 Å². The van der Waals surface area contributed by atoms with E-state index < -0.39 is 17.9 Å². The molecule has 0 aliphatic carbocycles. The zero-order chi connectivity index (χ0) is 22.2. The number of fused-ring (bicyclic) bond motifs is 1. The number of hydrazine groups is 1. The summed E-state index contributed by atoms with van der Waals surface area (Å²) in [7, 11) is 0. The van der Waals surface area contributed by atoms with Gasteiger partial charge in [-0.25, -0.2) is 0 Å². The molecule has 31 heavy (non-hydrogen) atoms. The molecule has 3 aromatic rings. The lowest BCUT2D eigenvalue weighted by Gasteiger charge is -2.16. The Hall–Kier alpha value is -3.06. The Labute approximate surface area is 190 Å². The third-order valence-corrected chi connectivity index (χ3v) is 5.14. The van der Waals surface area contributed by atoms with Gasteiger partial charge in [0, 0.05) is 4.47 Å². The van der Waals surface area contributed by atoms with Crippen LogP contribution < -0.4 is 20.3 Å². The minimum atomic E-state index is -0.802. The van der Waals surface area contributed by atoms with Crippen molar-refractivity contribution in [1.82, 2.24) is 10.9 Å². The van der Waals surface area contributed by atoms with E-state index in [4.69, 9.17) is 9.47 Å². The Bertz CT molecular complexity index is 1070. The second kappa shape index (κ2) is 10.8. The highest BCUT2D eigenvalue weighted by molar-refractivity contribution is 9.10. The van der Waals surface area contributed by atoms with Crippen molar-refractivity contribution in [3.8, 4) is 11.5 Å². The van der Waals surface area contributed by atoms with Gasteiger partial charge in [0.05, 0.1) is 12.2 Å². The van der Waals surface area contributed by atoms with Crippen molar-refractivity contribution in [2.24, 2.45) is 0 Å². The first-order chi connectivity index (χ1) is 15.0. The fourth-order valence-electron chi connectivity index (χ4n) is 2.92. The summed E-state index contributed by atoms with van der Waals surface area (Å²) in [6, 6.07) is 18.7. The Morgan fingerprint density at radius 1 is 1.00 bits per heavy atom. The Morgan fingerprint density at radius 2 is 1.77 bits per heavy atom. The van der Waals surface area contributed by atoms with E-state index >= 15 is 0 Å². The molecular weight excluding hydrogens is 460 g/mol. The average Bonchev–Trinajstić information content (AvgIpc) is 2.78. The number of hydrogen-bond donors (Lipinski definition) is 2. The van der Waals surface area contributed by atoms with Gasteiger partial charge < -0.3 is 9.47 Å². The van der Waals surface area contributed by atoms with Crippen LogP contribution in [-0.4, -0.2) is 24.5 Å². The number of carbonyl (C=O) groups excluding carboxylic acids is 2. The molecule has 162 valence electrons. The molecule has 0 saturated carbocycles. The van der Waals surface area contributed by atoms with Crippen molar-refractivity contribution in [1.29, 1.82) is 0 Å². The molecule has 1 unspecified atom stereocenters. The van der Waals surface area contributed by atoms with Gasteiger partial charge in [0.25, 0.3) is 11.8 Å². The molecule has 0 fully saturated rings. The van der Waals surface area contributed by atoms with Crippen LogP contribution in [0.25, 0.3) is 10.8 Å². The SMILES string of the molecule is CCCCOc1ccc(Br)cc1C(=O)NNC(=O)C(C)Oc1ccc2ccccc2c1. The van der Waals surface area contributed by atoms with Crippen molar-refractivity contribution < 1.29 is 19.1 Å². The van der Waals surface area contributed by atoms with Gasteiger partial charge in [0.2, 0.25) is 0 Å². The van der Waals surface area contributed by atoms with Gasteiger partial charge in [-0.1, -0.05) is 59.6 Å². The van der Waals surface area contributed by atoms with Gasteiger partial charge in [-0.05, 0) is 54.4 Å². The maximum absolute atomic E-state index is 12.6. The number of benzene rings is 3. The zero-order valence-electron chi connectivity index (χ0n) is 17.5. The van der Waals surface area contributed by atoms with E-state index in [0.717, 1.165) is 28.1 Å². The highest BCUT2D eigenvalue weighted by Gasteiger charge is 2.18. The lowest BCUT2D eigenvalue weighted by atomic mass is 10.1. The van der Waals surface area contributed by atoms with Crippen molar-refractivity contribution in [3.05, 3.63) is 70.7 Å². The predicted octanol–water partition coefficient (Wildman–Crippen LogP) is 5.01. The lowest BCUT2D eigenvalue weighted by Crippen LogP contribution is -2.47. The number of unbranched alkanes of at least 4 members (excludes halogenated alkanes) is 1. The molecule has 0 aromatic heterocycles. The van der Waals surface area contributed by atoms with Crippen LogP contribution in [0.1, 0.15) is 37.0 Å². The molecule has 7 heteroatoms. The lowest BCUT2D eigenvalue weighted by molar-refractivity contribution is -0.128. The fraction of sp³-hybridized carbons (Fsp3) is 0.250. The molecule has 6 nitrogen and oxygen atoms in total. The summed E-state index contributed by atoms with van der Waals surface area (Å²) in [6.07, 6.45) is 1.07. The van der Waals surface area contributed by atoms with Crippen LogP contribution in [-0.2, 0) is 4.79 Å². The topological polar surface area (TPSA) is 76.7 Å². The molecule has 0 aliphatic heterocycles. The number of halogens is 1. The number of nitrogens with one attached hydrogen (secondary N) is 2. The van der Waals surface area contributed by atoms with Crippen LogP contribution in [0.15, 0.2) is 65.1 Å². The molecule has 3 rings (SSSR count). The monoisotopic (exact) mass is 484 g/mol. The molecule has 3 aromatic carbocycles. The van der Waals surface area contributed by atoms with Gasteiger partial charge >= 0.3 is 0 Å². The summed E-state index contributed by atoms with van der Waals surface area (Å²) in [5, 5.41) is 2.11. The van der Waals surface area contributed by atoms with Crippen LogP contribution in [0.4, 0.5) is 0 Å². The van der Waals surface area contributed by atoms with Gasteiger partial charge in [0.1, 0.15) is 11.5 Å². The van der Waals surface area contributed by atoms with E-state index in [0.29, 0.717) is 23.7 Å². The molecule has 2 N–H and O–H groups in total. The normalized spacial score (nSPS) is 11.6. The largest absolute Gasteiger partial charge is 0.493 e. The summed E-state index contributed by atoms with van der Waals surface area (Å²) in [5.41, 5.74) is 5.18. The average molecular weight is 485 g/mol. The number of ether oxygens (including phenoxy) is 2. The van der Waals surface area contributed by atoms with Crippen LogP contribution >= 0.6 is 15.9 Å². The van der Waals surface area contributed by atoms with Crippen LogP contribution in [0, 0.1) is 0 Å². The van der Waals surface area contributed by atoms with Crippen LogP contribution in [0.2, 0.25) is 0 Å². The second-order valence-corrected chi connectivity index (χ2v) is 7.97. The van der Waals surface area contributed by atoms with Crippen molar-refractivity contribution >= 4 is 38.5 Å². The first kappa shape index (κ1) is 22.6. The van der Waals surface area contributed by atoms with E-state index in [1.165, 1.54) is 0 Å². The number of carbonyl (C=O) groups is 2. The van der Waals surface area contributed by atoms with E-state index in [1.54, 1.807) is 25.1 Å². The maximum atomic E-state index is 12.6. The van der Waals surface area contributed by atoms with Gasteiger partial charge in [-0.3, -0.25) is 20.4 Å². The zero-order valence-corrected chi connectivity index (χ0v) is 19.1. The molecule has 0 saturated heterocycles. The summed E-state index contributed by atoms with van der Waals surface area (Å²) >= 11 is 3.36. The first-order valence-electron chi connectivity index (χ1n) is 10.2. The third kappa shape index (κ3) is 6.21. The summed E-state index contributed by atoms with van der Waals surface area (Å²) < 4.78 is 12.2. The van der Waals surface area contributed by atoms with Crippen LogP contribution in [0.3, 0.4) is 0 Å². The van der Waals surface area contributed by atoms with E-state index in [2.05, 4.69) is 33.7 Å². The third-order valence-electron chi connectivity index (χ3n) is 4.64. The molecule has 1 atom stereocenters. The number of hydrogen-bond acceptors (Lipinski definition) is 4. The minimum absolute atomic E-state index is 0.328. The highest BCUT2D eigenvalue weighted by atomic mass is 79.9. The Morgan fingerprint density at radius 3 is 2.55 bits per heavy atom. The Kier molecular flexibility index (Phi) is 7.89. The molecule has 0 aliphatic rings. The summed E-state index contributed by atoms with van der Waals surface area (Å²) in [4.78, 5) is 25.0. The van der Waals surface area contributed by atoms with Gasteiger partial charge in [-0.15, -0.1) is 0 Å². The standard InChI is InChI=1S/C24H25BrN2O4/c1-3-4-13-30-22-12-10-19(25)15-21(22)24(29)27-26-23(28)16(2)31-20-11-9-17-7-5-6-8-18(17)14-20/h5-12,14-16H,3-4,13H2,1-2H3,(H,26,28)(H,27,29). The maximum Gasteiger partial charge on any atom is 0.279 e. The molecule has 0 radical (unpaired) electrons. The summed E-state index contributed by atoms with van der Waals surface area (Å²) in [6.45, 7) is 4.20. The highest BCUT2D eigenvalue weighted by Crippen LogP contribution is 2.24. The quantitative estimate of drug-likeness (QED) is 0.348. The molecular formula is C24H25BrN2O4. The molecule has 0 spiro atoms. The van der Waals surface area contributed by atoms with Gasteiger partial charge in [0.15, 0.2) is 6.10 Å². The molecule has 2 amide bonds. The van der Waals surface area contributed by atoms with Gasteiger partial charge in [-0.2, -0.15) is 0 Å². The van der Waals surface area contributed by atoms with Crippen molar-refractivity contribution in [3.63, 3.8) is 0 Å². The smallest absolute Gasteiger partial charge is 0.279 e. The number of rotatable bonds is 8. The van der Waals surface area contributed by atoms with Crippen molar-refractivity contribution in [2.45, 2.75) is 32.8 Å². The number of amides is 2. The second-order valence-electron chi connectivity index (χ2n) is 7.05. The van der Waals surface area contributed by atoms with Crippen molar-refractivity contribution in [2.75, 3.05) is 6.61 Å². The van der Waals surface area contributed by atoms with E-state index in [1.807, 2.05) is 42.5 Å². The molecule has 0 bridgehead atoms. The fourth-order valence-corrected chi connectivity index (χ4v) is 3.28. The Balaban J connectivity index is 1.59. The predicted molar refractivity (Wildman–Crippen MR) is 124 cm³/mol. The molecule has 0 heterocycles. The minimum Gasteiger partial charge on any atom is -0.493 e. The first-order valence-corrected chi connectivity index (χ1v) is 10.9. The van der Waals surface area contributed by atoms with E-state index in [9.17, 15) is 9.59 Å².